The van der Waals surface area contributed by atoms with E-state index in [9.17, 15) is 18.4 Å². The fourth-order valence-corrected chi connectivity index (χ4v) is 2.48. The number of ether oxygens (including phenoxy) is 1. The third-order valence-electron chi connectivity index (χ3n) is 3.92. The van der Waals surface area contributed by atoms with Crippen molar-refractivity contribution >= 4 is 11.8 Å². The van der Waals surface area contributed by atoms with Gasteiger partial charge in [-0.05, 0) is 41.8 Å². The van der Waals surface area contributed by atoms with E-state index >= 15 is 0 Å². The van der Waals surface area contributed by atoms with Crippen molar-refractivity contribution in [1.82, 2.24) is 5.32 Å². The third-order valence-corrected chi connectivity index (χ3v) is 3.92. The summed E-state index contributed by atoms with van der Waals surface area (Å²) in [7, 11) is 1.36. The fourth-order valence-electron chi connectivity index (χ4n) is 2.48. The first-order valence-corrected chi connectivity index (χ1v) is 8.02. The Balaban J connectivity index is 1.91. The molecule has 2 aromatic rings. The Morgan fingerprint density at radius 3 is 2.35 bits per heavy atom. The van der Waals surface area contributed by atoms with Crippen LogP contribution in [0, 0.1) is 17.6 Å². The zero-order valence-corrected chi connectivity index (χ0v) is 14.3. The first kappa shape index (κ1) is 19.4. The van der Waals surface area contributed by atoms with Crippen LogP contribution >= 0.6 is 0 Å². The Bertz CT molecular complexity index is 779. The Hall–Kier alpha value is -2.96. The van der Waals surface area contributed by atoms with Gasteiger partial charge in [-0.2, -0.15) is 0 Å². The Kier molecular flexibility index (Phi) is 6.66. The molecule has 0 aromatic heterocycles. The van der Waals surface area contributed by atoms with E-state index in [2.05, 4.69) is 5.32 Å². The van der Waals surface area contributed by atoms with Crippen molar-refractivity contribution in [3.8, 4) is 5.75 Å². The molecule has 7 heteroatoms. The average molecular weight is 362 g/mol. The lowest BCUT2D eigenvalue weighted by atomic mass is 9.98. The minimum absolute atomic E-state index is 0.0387. The molecule has 5 nitrogen and oxygen atoms in total. The van der Waals surface area contributed by atoms with Crippen LogP contribution in [0.3, 0.4) is 0 Å². The molecular weight excluding hydrogens is 342 g/mol. The van der Waals surface area contributed by atoms with Crippen LogP contribution in [-0.4, -0.2) is 25.5 Å². The normalized spacial score (nSPS) is 11.7. The van der Waals surface area contributed by atoms with E-state index in [1.54, 1.807) is 18.2 Å². The molecule has 1 unspecified atom stereocenters. The average Bonchev–Trinajstić information content (AvgIpc) is 2.60. The lowest BCUT2D eigenvalue weighted by molar-refractivity contribution is -0.123. The minimum atomic E-state index is -0.628. The monoisotopic (exact) mass is 362 g/mol. The van der Waals surface area contributed by atoms with Crippen LogP contribution in [0.1, 0.15) is 11.1 Å². The molecule has 1 atom stereocenters. The van der Waals surface area contributed by atoms with Crippen molar-refractivity contribution < 1.29 is 23.1 Å². The van der Waals surface area contributed by atoms with Crippen LogP contribution in [0.2, 0.25) is 0 Å². The molecule has 138 valence electrons. The van der Waals surface area contributed by atoms with Crippen molar-refractivity contribution in [2.75, 3.05) is 13.7 Å². The maximum absolute atomic E-state index is 13.6. The summed E-state index contributed by atoms with van der Waals surface area (Å²) in [5.74, 6) is -2.38. The number of benzene rings is 2. The third kappa shape index (κ3) is 5.54. The van der Waals surface area contributed by atoms with Gasteiger partial charge in [0.2, 0.25) is 11.8 Å². The number of nitrogens with two attached hydrogens (primary N) is 1. The zero-order chi connectivity index (χ0) is 19.1. The van der Waals surface area contributed by atoms with Gasteiger partial charge in [0.05, 0.1) is 19.4 Å². The Morgan fingerprint density at radius 2 is 1.77 bits per heavy atom. The topological polar surface area (TPSA) is 81.4 Å². The van der Waals surface area contributed by atoms with Crippen LogP contribution in [0.4, 0.5) is 8.78 Å². The van der Waals surface area contributed by atoms with Crippen molar-refractivity contribution in [2.45, 2.75) is 12.8 Å². The van der Waals surface area contributed by atoms with Crippen LogP contribution in [-0.2, 0) is 22.4 Å². The van der Waals surface area contributed by atoms with Crippen molar-refractivity contribution in [3.05, 3.63) is 65.2 Å². The molecule has 0 saturated carbocycles. The molecular formula is C19H20F2N2O3. The number of nitrogens with one attached hydrogen (secondary N) is 1. The summed E-state index contributed by atoms with van der Waals surface area (Å²) < 4.78 is 31.4. The number of rotatable bonds is 8. The number of halogens is 2. The van der Waals surface area contributed by atoms with E-state index < -0.39 is 17.6 Å². The molecule has 0 bridgehead atoms. The standard InChI is InChI=1S/C19H20F2N2O3/c1-26-17-7-4-13(9-16(17)21)10-18(24)23-11-14(19(22)25)8-12-2-5-15(20)6-3-12/h2-7,9,14H,8,10-11H2,1H3,(H2,22,25)(H,23,24). The van der Waals surface area contributed by atoms with Gasteiger partial charge in [0.15, 0.2) is 11.6 Å². The van der Waals surface area contributed by atoms with Crippen molar-refractivity contribution in [2.24, 2.45) is 11.7 Å². The maximum atomic E-state index is 13.6. The van der Waals surface area contributed by atoms with Gasteiger partial charge in [0.1, 0.15) is 5.82 Å². The van der Waals surface area contributed by atoms with Crippen molar-refractivity contribution in [3.63, 3.8) is 0 Å². The minimum Gasteiger partial charge on any atom is -0.494 e. The van der Waals surface area contributed by atoms with E-state index in [0.717, 1.165) is 5.56 Å². The van der Waals surface area contributed by atoms with E-state index in [0.29, 0.717) is 5.56 Å². The number of hydrogen-bond donors (Lipinski definition) is 2. The number of carbonyl (C=O) groups excluding carboxylic acids is 2. The van der Waals surface area contributed by atoms with Crippen LogP contribution < -0.4 is 15.8 Å². The molecule has 0 fully saturated rings. The zero-order valence-electron chi connectivity index (χ0n) is 14.3. The predicted molar refractivity (Wildman–Crippen MR) is 92.5 cm³/mol. The van der Waals surface area contributed by atoms with E-state index in [1.807, 2.05) is 0 Å². The summed E-state index contributed by atoms with van der Waals surface area (Å²) in [6, 6.07) is 9.97. The SMILES string of the molecule is COc1ccc(CC(=O)NCC(Cc2ccc(F)cc2)C(N)=O)cc1F. The number of carbonyl (C=O) groups is 2. The van der Waals surface area contributed by atoms with Gasteiger partial charge in [-0.15, -0.1) is 0 Å². The van der Waals surface area contributed by atoms with E-state index in [1.165, 1.54) is 31.4 Å². The Morgan fingerprint density at radius 1 is 1.12 bits per heavy atom. The largest absolute Gasteiger partial charge is 0.494 e. The molecule has 2 rings (SSSR count). The molecule has 0 aliphatic rings. The molecule has 2 amide bonds. The summed E-state index contributed by atoms with van der Waals surface area (Å²) in [6.45, 7) is 0.0458. The first-order valence-electron chi connectivity index (χ1n) is 8.02. The molecule has 0 aliphatic heterocycles. The van der Waals surface area contributed by atoms with Gasteiger partial charge in [0.25, 0.3) is 0 Å². The second-order valence-corrected chi connectivity index (χ2v) is 5.88. The first-order chi connectivity index (χ1) is 12.4. The second kappa shape index (κ2) is 8.94. The highest BCUT2D eigenvalue weighted by Crippen LogP contribution is 2.18. The lowest BCUT2D eigenvalue weighted by Crippen LogP contribution is -2.37. The number of methoxy groups -OCH3 is 1. The molecule has 3 N–H and O–H groups in total. The van der Waals surface area contributed by atoms with Gasteiger partial charge >= 0.3 is 0 Å². The summed E-state index contributed by atoms with van der Waals surface area (Å²) in [5.41, 5.74) is 6.60. The van der Waals surface area contributed by atoms with Crippen LogP contribution in [0.5, 0.6) is 5.75 Å². The van der Waals surface area contributed by atoms with Crippen LogP contribution in [0.25, 0.3) is 0 Å². The summed E-state index contributed by atoms with van der Waals surface area (Å²) in [4.78, 5) is 23.6. The molecule has 0 radical (unpaired) electrons. The highest BCUT2D eigenvalue weighted by molar-refractivity contribution is 5.81. The highest BCUT2D eigenvalue weighted by Gasteiger charge is 2.17. The number of hydrogen-bond acceptors (Lipinski definition) is 3. The lowest BCUT2D eigenvalue weighted by Gasteiger charge is -2.15. The quantitative estimate of drug-likeness (QED) is 0.753. The van der Waals surface area contributed by atoms with Gasteiger partial charge in [-0.3, -0.25) is 9.59 Å². The fraction of sp³-hybridized carbons (Fsp3) is 0.263. The summed E-state index contributed by atoms with van der Waals surface area (Å²) in [5, 5.41) is 2.62. The molecule has 26 heavy (non-hydrogen) atoms. The predicted octanol–water partition coefficient (Wildman–Crippen LogP) is 1.98. The maximum Gasteiger partial charge on any atom is 0.224 e. The van der Waals surface area contributed by atoms with Gasteiger partial charge in [-0.25, -0.2) is 8.78 Å². The number of primary amides is 1. The summed E-state index contributed by atoms with van der Waals surface area (Å²) >= 11 is 0. The van der Waals surface area contributed by atoms with Gasteiger partial charge in [0, 0.05) is 6.54 Å². The second-order valence-electron chi connectivity index (χ2n) is 5.88. The van der Waals surface area contributed by atoms with E-state index in [-0.39, 0.29) is 36.9 Å². The molecule has 0 spiro atoms. The van der Waals surface area contributed by atoms with Gasteiger partial charge < -0.3 is 15.8 Å². The molecule has 0 saturated heterocycles. The smallest absolute Gasteiger partial charge is 0.224 e. The molecule has 0 heterocycles. The highest BCUT2D eigenvalue weighted by atomic mass is 19.1. The Labute approximate surface area is 150 Å². The van der Waals surface area contributed by atoms with E-state index in [4.69, 9.17) is 10.5 Å². The molecule has 2 aromatic carbocycles. The van der Waals surface area contributed by atoms with Crippen molar-refractivity contribution in [1.29, 1.82) is 0 Å². The summed E-state index contributed by atoms with van der Waals surface area (Å²) in [6.07, 6.45) is 0.246. The van der Waals surface area contributed by atoms with Crippen LogP contribution in [0.15, 0.2) is 42.5 Å². The number of amides is 2. The van der Waals surface area contributed by atoms with Gasteiger partial charge in [-0.1, -0.05) is 18.2 Å². The molecule has 0 aliphatic carbocycles.